The number of hydrogen-bond acceptors (Lipinski definition) is 4. The van der Waals surface area contributed by atoms with Crippen LogP contribution in [-0.2, 0) is 13.3 Å². The molecule has 0 amide bonds. The minimum absolute atomic E-state index is 0.168. The van der Waals surface area contributed by atoms with Crippen LogP contribution in [0.15, 0.2) is 6.20 Å². The van der Waals surface area contributed by atoms with Crippen LogP contribution in [0.5, 0.6) is 0 Å². The Kier molecular flexibility index (Phi) is 2.57. The van der Waals surface area contributed by atoms with Crippen LogP contribution in [0.4, 0.5) is 0 Å². The van der Waals surface area contributed by atoms with Crippen LogP contribution in [-0.4, -0.2) is 25.5 Å². The van der Waals surface area contributed by atoms with Crippen molar-refractivity contribution in [3.8, 4) is 0 Å². The molecule has 0 saturated carbocycles. The molecular weight excluding hydrogens is 160 g/mol. The Hall–Kier alpha value is -1.20. The van der Waals surface area contributed by atoms with Gasteiger partial charge in [-0.05, 0) is 0 Å². The summed E-state index contributed by atoms with van der Waals surface area (Å²) < 4.78 is 1.27. The van der Waals surface area contributed by atoms with E-state index >= 15 is 0 Å². The number of aliphatic hydroxyl groups excluding tert-OH is 2. The minimum Gasteiger partial charge on any atom is -0.390 e. The molecule has 0 spiro atoms. The van der Waals surface area contributed by atoms with Gasteiger partial charge in [0.15, 0.2) is 11.6 Å². The molecule has 0 aliphatic rings. The maximum Gasteiger partial charge on any atom is 0.195 e. The first kappa shape index (κ1) is 8.89. The van der Waals surface area contributed by atoms with E-state index in [2.05, 4.69) is 4.98 Å². The smallest absolute Gasteiger partial charge is 0.195 e. The monoisotopic (exact) mass is 170 g/mol. The molecule has 1 aromatic heterocycles. The van der Waals surface area contributed by atoms with Crippen molar-refractivity contribution in [1.82, 2.24) is 9.55 Å². The van der Waals surface area contributed by atoms with Crippen molar-refractivity contribution in [2.75, 3.05) is 0 Å². The first-order valence-corrected chi connectivity index (χ1v) is 3.47. The summed E-state index contributed by atoms with van der Waals surface area (Å²) in [7, 11) is 0. The topological polar surface area (TPSA) is 75.3 Å². The van der Waals surface area contributed by atoms with E-state index in [0.29, 0.717) is 5.69 Å². The van der Waals surface area contributed by atoms with E-state index in [1.165, 1.54) is 17.7 Å². The van der Waals surface area contributed by atoms with Gasteiger partial charge in [-0.3, -0.25) is 9.36 Å². The molecular formula is C7H10N2O3. The first-order valence-electron chi connectivity index (χ1n) is 3.47. The fraction of sp³-hybridized carbons (Fsp3) is 0.429. The molecule has 1 rings (SSSR count). The van der Waals surface area contributed by atoms with Gasteiger partial charge in [0.05, 0.1) is 18.5 Å². The van der Waals surface area contributed by atoms with Gasteiger partial charge in [0.25, 0.3) is 0 Å². The summed E-state index contributed by atoms with van der Waals surface area (Å²) in [4.78, 5) is 14.6. The Morgan fingerprint density at radius 2 is 2.33 bits per heavy atom. The van der Waals surface area contributed by atoms with Crippen LogP contribution in [0.2, 0.25) is 0 Å². The molecule has 66 valence electrons. The number of hydrogen-bond donors (Lipinski definition) is 2. The summed E-state index contributed by atoms with van der Waals surface area (Å²) in [5.41, 5.74) is 0.433. The van der Waals surface area contributed by atoms with Gasteiger partial charge in [-0.25, -0.2) is 4.98 Å². The Labute approximate surface area is 69.3 Å². The highest BCUT2D eigenvalue weighted by molar-refractivity contribution is 5.90. The predicted octanol–water partition coefficient (Wildman–Crippen LogP) is -0.472. The van der Waals surface area contributed by atoms with Crippen molar-refractivity contribution in [2.45, 2.75) is 20.3 Å². The van der Waals surface area contributed by atoms with Crippen molar-refractivity contribution in [2.24, 2.45) is 0 Å². The number of nitrogens with zero attached hydrogens (tertiary/aromatic N) is 2. The maximum atomic E-state index is 10.9. The van der Waals surface area contributed by atoms with Crippen molar-refractivity contribution >= 4 is 5.78 Å². The van der Waals surface area contributed by atoms with Gasteiger partial charge in [0, 0.05) is 6.92 Å². The van der Waals surface area contributed by atoms with E-state index in [9.17, 15) is 4.79 Å². The zero-order valence-corrected chi connectivity index (χ0v) is 6.69. The highest BCUT2D eigenvalue weighted by Gasteiger charge is 2.11. The third-order valence-electron chi connectivity index (χ3n) is 1.56. The van der Waals surface area contributed by atoms with Crippen molar-refractivity contribution in [3.05, 3.63) is 17.7 Å². The Morgan fingerprint density at radius 1 is 1.67 bits per heavy atom. The Balaban J connectivity index is 3.13. The number of imidazole rings is 1. The molecule has 0 bridgehead atoms. The molecule has 0 unspecified atom stereocenters. The lowest BCUT2D eigenvalue weighted by Gasteiger charge is -2.03. The fourth-order valence-corrected chi connectivity index (χ4v) is 0.976. The Bertz CT molecular complexity index is 293. The van der Waals surface area contributed by atoms with Gasteiger partial charge in [-0.1, -0.05) is 0 Å². The molecule has 0 atom stereocenters. The summed E-state index contributed by atoms with van der Waals surface area (Å²) in [5.74, 6) is -0.0645. The number of carbonyl (C=O) groups excluding carboxylic acids is 1. The number of aromatic nitrogens is 2. The minimum atomic E-state index is -0.342. The van der Waals surface area contributed by atoms with E-state index < -0.39 is 0 Å². The van der Waals surface area contributed by atoms with Crippen LogP contribution in [0.25, 0.3) is 0 Å². The lowest BCUT2D eigenvalue weighted by Crippen LogP contribution is -2.10. The van der Waals surface area contributed by atoms with Crippen LogP contribution in [0.3, 0.4) is 0 Å². The van der Waals surface area contributed by atoms with E-state index in [1.807, 2.05) is 0 Å². The van der Waals surface area contributed by atoms with Crippen molar-refractivity contribution in [3.63, 3.8) is 0 Å². The number of rotatable bonds is 3. The second-order valence-corrected chi connectivity index (χ2v) is 2.36. The van der Waals surface area contributed by atoms with Crippen molar-refractivity contribution < 1.29 is 15.0 Å². The number of Topliss-reactive ketones (excluding diaryl/α,β-unsaturated/α-hetero) is 1. The van der Waals surface area contributed by atoms with E-state index in [-0.39, 0.29) is 24.9 Å². The molecule has 0 radical (unpaired) electrons. The molecule has 2 N–H and O–H groups in total. The standard InChI is InChI=1S/C7H10N2O3/c1-5(12)7-8-2-6(3-10)9(7)4-11/h2,10-11H,3-4H2,1H3. The van der Waals surface area contributed by atoms with E-state index in [4.69, 9.17) is 10.2 Å². The third kappa shape index (κ3) is 1.37. The normalized spacial score (nSPS) is 10.2. The predicted molar refractivity (Wildman–Crippen MR) is 40.4 cm³/mol. The van der Waals surface area contributed by atoms with Gasteiger partial charge in [-0.15, -0.1) is 0 Å². The van der Waals surface area contributed by atoms with Gasteiger partial charge < -0.3 is 10.2 Å². The fourth-order valence-electron chi connectivity index (χ4n) is 0.976. The molecule has 5 nitrogen and oxygen atoms in total. The third-order valence-corrected chi connectivity index (χ3v) is 1.56. The summed E-state index contributed by atoms with van der Waals surface area (Å²) >= 11 is 0. The zero-order valence-electron chi connectivity index (χ0n) is 6.69. The molecule has 1 heterocycles. The lowest BCUT2D eigenvalue weighted by atomic mass is 10.4. The number of carbonyl (C=O) groups is 1. The molecule has 1 aromatic rings. The molecule has 0 fully saturated rings. The largest absolute Gasteiger partial charge is 0.390 e. The zero-order chi connectivity index (χ0) is 9.14. The average Bonchev–Trinajstić information content (AvgIpc) is 2.46. The van der Waals surface area contributed by atoms with E-state index in [1.54, 1.807) is 0 Å². The molecule has 0 aromatic carbocycles. The van der Waals surface area contributed by atoms with Gasteiger partial charge in [0.1, 0.15) is 6.73 Å². The lowest BCUT2D eigenvalue weighted by molar-refractivity contribution is 0.0984. The van der Waals surface area contributed by atoms with E-state index in [0.717, 1.165) is 0 Å². The first-order chi connectivity index (χ1) is 5.70. The van der Waals surface area contributed by atoms with Crippen LogP contribution < -0.4 is 0 Å². The second-order valence-electron chi connectivity index (χ2n) is 2.36. The number of ketones is 1. The SMILES string of the molecule is CC(=O)c1ncc(CO)n1CO. The van der Waals surface area contributed by atoms with Crippen LogP contribution >= 0.6 is 0 Å². The van der Waals surface area contributed by atoms with Crippen LogP contribution in [0.1, 0.15) is 23.2 Å². The summed E-state index contributed by atoms with van der Waals surface area (Å²) in [6, 6.07) is 0. The molecule has 5 heteroatoms. The van der Waals surface area contributed by atoms with Gasteiger partial charge in [0.2, 0.25) is 0 Å². The average molecular weight is 170 g/mol. The summed E-state index contributed by atoms with van der Waals surface area (Å²) in [6.45, 7) is 0.779. The van der Waals surface area contributed by atoms with Gasteiger partial charge >= 0.3 is 0 Å². The van der Waals surface area contributed by atoms with Crippen LogP contribution in [0, 0.1) is 0 Å². The quantitative estimate of drug-likeness (QED) is 0.601. The maximum absolute atomic E-state index is 10.9. The molecule has 0 saturated heterocycles. The van der Waals surface area contributed by atoms with Crippen molar-refractivity contribution in [1.29, 1.82) is 0 Å². The summed E-state index contributed by atoms with van der Waals surface area (Å²) in [5, 5.41) is 17.6. The number of aliphatic hydroxyl groups is 2. The molecule has 0 aliphatic carbocycles. The highest BCUT2D eigenvalue weighted by Crippen LogP contribution is 2.05. The Morgan fingerprint density at radius 3 is 2.75 bits per heavy atom. The van der Waals surface area contributed by atoms with Gasteiger partial charge in [-0.2, -0.15) is 0 Å². The summed E-state index contributed by atoms with van der Waals surface area (Å²) in [6.07, 6.45) is 1.37. The second kappa shape index (κ2) is 3.46. The molecule has 12 heavy (non-hydrogen) atoms. The molecule has 0 aliphatic heterocycles. The highest BCUT2D eigenvalue weighted by atomic mass is 16.3.